The quantitative estimate of drug-likeness (QED) is 0.123. The minimum absolute atomic E-state index is 0.0648. The fraction of sp³-hybridized carbons (Fsp3) is 0.400. The maximum atomic E-state index is 13.0. The number of halogens is 4. The average Bonchev–Trinajstić information content (AvgIpc) is 3.02. The Morgan fingerprint density at radius 3 is 1.56 bits per heavy atom. The highest BCUT2D eigenvalue weighted by Gasteiger charge is 2.30. The maximum absolute atomic E-state index is 13.0. The van der Waals surface area contributed by atoms with Crippen molar-refractivity contribution >= 4 is 17.9 Å². The van der Waals surface area contributed by atoms with E-state index in [0.717, 1.165) is 16.7 Å². The molecule has 0 aromatic heterocycles. The molecule has 0 aliphatic heterocycles. The number of nitrogens with zero attached hydrogens (tertiary/aromatic N) is 1. The van der Waals surface area contributed by atoms with Crippen molar-refractivity contribution in [1.82, 2.24) is 4.90 Å². The molecular weight excluding hydrogens is 638 g/mol. The van der Waals surface area contributed by atoms with Crippen LogP contribution < -0.4 is 0 Å². The second-order valence-corrected chi connectivity index (χ2v) is 11.5. The average molecular weight is 680 g/mol. The Hall–Kier alpha value is -4.33. The predicted octanol–water partition coefficient (Wildman–Crippen LogP) is 6.70. The number of rotatable bonds is 17. The molecule has 0 aliphatic rings. The lowest BCUT2D eigenvalue weighted by Crippen LogP contribution is -2.45. The first-order chi connectivity index (χ1) is 22.7. The topological polar surface area (TPSA) is 112 Å². The third-order valence-corrected chi connectivity index (χ3v) is 6.38. The molecule has 3 aromatic rings. The van der Waals surface area contributed by atoms with E-state index in [-0.39, 0.29) is 6.61 Å². The fourth-order valence-corrected chi connectivity index (χ4v) is 4.21. The SMILES string of the molecule is CC(C)(C)OC(=O)C[C@@H](COC(F)F)C(=O)O.O=C(OCc1ccccc1)[C@H](COC(F)F)N(Cc1ccccc1)Cc1ccccc1. The summed E-state index contributed by atoms with van der Waals surface area (Å²) in [6.45, 7) is -1.54. The Morgan fingerprint density at radius 2 is 1.15 bits per heavy atom. The zero-order chi connectivity index (χ0) is 35.5. The Kier molecular flexibility index (Phi) is 17.3. The van der Waals surface area contributed by atoms with Crippen molar-refractivity contribution in [3.8, 4) is 0 Å². The van der Waals surface area contributed by atoms with Crippen LogP contribution in [0.2, 0.25) is 0 Å². The van der Waals surface area contributed by atoms with Gasteiger partial charge >= 0.3 is 31.1 Å². The number of carbonyl (C=O) groups is 3. The van der Waals surface area contributed by atoms with Gasteiger partial charge in [-0.05, 0) is 37.5 Å². The summed E-state index contributed by atoms with van der Waals surface area (Å²) >= 11 is 0. The summed E-state index contributed by atoms with van der Waals surface area (Å²) < 4.78 is 67.9. The Balaban J connectivity index is 0.000000401. The van der Waals surface area contributed by atoms with Gasteiger partial charge in [-0.2, -0.15) is 17.6 Å². The summed E-state index contributed by atoms with van der Waals surface area (Å²) in [5, 5.41) is 8.70. The van der Waals surface area contributed by atoms with Gasteiger partial charge in [0.05, 0.1) is 25.6 Å². The predicted molar refractivity (Wildman–Crippen MR) is 168 cm³/mol. The highest BCUT2D eigenvalue weighted by atomic mass is 19.3. The Morgan fingerprint density at radius 1 is 0.708 bits per heavy atom. The minimum atomic E-state index is -3.06. The van der Waals surface area contributed by atoms with Gasteiger partial charge in [-0.25, -0.2) is 0 Å². The number of hydrogen-bond donors (Lipinski definition) is 1. The molecular formula is C35H41F4NO8. The third-order valence-electron chi connectivity index (χ3n) is 6.38. The van der Waals surface area contributed by atoms with Crippen molar-refractivity contribution < 1.29 is 56.0 Å². The molecule has 3 rings (SSSR count). The lowest BCUT2D eigenvalue weighted by atomic mass is 10.1. The first-order valence-electron chi connectivity index (χ1n) is 15.0. The molecule has 0 unspecified atom stereocenters. The fourth-order valence-electron chi connectivity index (χ4n) is 4.21. The summed E-state index contributed by atoms with van der Waals surface area (Å²) in [6.07, 6.45) is -0.501. The molecule has 0 saturated heterocycles. The van der Waals surface area contributed by atoms with Crippen LogP contribution in [-0.2, 0) is 53.0 Å². The lowest BCUT2D eigenvalue weighted by molar-refractivity contribution is -0.169. The van der Waals surface area contributed by atoms with E-state index in [4.69, 9.17) is 14.6 Å². The summed E-state index contributed by atoms with van der Waals surface area (Å²) in [5.74, 6) is -4.07. The van der Waals surface area contributed by atoms with Crippen LogP contribution in [0.15, 0.2) is 91.0 Å². The van der Waals surface area contributed by atoms with Crippen molar-refractivity contribution in [3.05, 3.63) is 108 Å². The molecule has 9 nitrogen and oxygen atoms in total. The number of carboxylic acids is 1. The van der Waals surface area contributed by atoms with E-state index in [1.165, 1.54) is 0 Å². The lowest BCUT2D eigenvalue weighted by Gasteiger charge is -2.30. The van der Waals surface area contributed by atoms with Gasteiger partial charge in [0.25, 0.3) is 0 Å². The maximum Gasteiger partial charge on any atom is 0.345 e. The van der Waals surface area contributed by atoms with Crippen molar-refractivity contribution in [1.29, 1.82) is 0 Å². The van der Waals surface area contributed by atoms with Crippen molar-refractivity contribution in [2.45, 2.75) is 71.8 Å². The van der Waals surface area contributed by atoms with E-state index in [9.17, 15) is 31.9 Å². The van der Waals surface area contributed by atoms with Crippen LogP contribution >= 0.6 is 0 Å². The van der Waals surface area contributed by atoms with E-state index in [0.29, 0.717) is 13.1 Å². The van der Waals surface area contributed by atoms with Crippen LogP contribution in [0.1, 0.15) is 43.9 Å². The molecule has 48 heavy (non-hydrogen) atoms. The number of carbonyl (C=O) groups excluding carboxylic acids is 2. The number of benzene rings is 3. The summed E-state index contributed by atoms with van der Waals surface area (Å²) in [4.78, 5) is 36.7. The summed E-state index contributed by atoms with van der Waals surface area (Å²) in [7, 11) is 0. The molecule has 13 heteroatoms. The molecule has 0 amide bonds. The molecule has 0 saturated carbocycles. The number of hydrogen-bond acceptors (Lipinski definition) is 8. The molecule has 0 aliphatic carbocycles. The highest BCUT2D eigenvalue weighted by Crippen LogP contribution is 2.17. The van der Waals surface area contributed by atoms with Crippen molar-refractivity contribution in [3.63, 3.8) is 0 Å². The normalized spacial score (nSPS) is 12.6. The number of carboxylic acid groups (broad SMARTS) is 1. The van der Waals surface area contributed by atoms with Gasteiger partial charge in [-0.15, -0.1) is 0 Å². The van der Waals surface area contributed by atoms with Crippen LogP contribution in [0.3, 0.4) is 0 Å². The molecule has 0 radical (unpaired) electrons. The van der Waals surface area contributed by atoms with Crippen molar-refractivity contribution in [2.75, 3.05) is 13.2 Å². The molecule has 0 bridgehead atoms. The summed E-state index contributed by atoms with van der Waals surface area (Å²) in [6, 6.07) is 27.3. The second-order valence-electron chi connectivity index (χ2n) is 11.5. The molecule has 0 fully saturated rings. The first kappa shape index (κ1) is 39.8. The molecule has 3 aromatic carbocycles. The summed E-state index contributed by atoms with van der Waals surface area (Å²) in [5.41, 5.74) is 1.98. The molecule has 0 heterocycles. The zero-order valence-electron chi connectivity index (χ0n) is 27.0. The molecule has 1 N–H and O–H groups in total. The van der Waals surface area contributed by atoms with Gasteiger partial charge in [0.1, 0.15) is 18.2 Å². The van der Waals surface area contributed by atoms with Crippen LogP contribution in [0.25, 0.3) is 0 Å². The molecule has 0 spiro atoms. The third kappa shape index (κ3) is 17.0. The zero-order valence-corrected chi connectivity index (χ0v) is 27.0. The van der Waals surface area contributed by atoms with Crippen molar-refractivity contribution in [2.24, 2.45) is 5.92 Å². The van der Waals surface area contributed by atoms with Crippen LogP contribution in [-0.4, -0.2) is 66.0 Å². The number of esters is 2. The van der Waals surface area contributed by atoms with E-state index in [1.807, 2.05) is 91.0 Å². The minimum Gasteiger partial charge on any atom is -0.481 e. The largest absolute Gasteiger partial charge is 0.481 e. The van der Waals surface area contributed by atoms with E-state index < -0.39 is 68.3 Å². The molecule has 262 valence electrons. The monoisotopic (exact) mass is 679 g/mol. The Bertz CT molecular complexity index is 1320. The van der Waals surface area contributed by atoms with Gasteiger partial charge in [0.15, 0.2) is 0 Å². The van der Waals surface area contributed by atoms with E-state index in [2.05, 4.69) is 9.47 Å². The van der Waals surface area contributed by atoms with E-state index in [1.54, 1.807) is 25.7 Å². The molecule has 2 atom stereocenters. The van der Waals surface area contributed by atoms with Gasteiger partial charge in [-0.3, -0.25) is 19.3 Å². The van der Waals surface area contributed by atoms with Gasteiger partial charge < -0.3 is 24.1 Å². The number of ether oxygens (including phenoxy) is 4. The van der Waals surface area contributed by atoms with Gasteiger partial charge in [-0.1, -0.05) is 91.0 Å². The van der Waals surface area contributed by atoms with Gasteiger partial charge in [0, 0.05) is 13.1 Å². The highest BCUT2D eigenvalue weighted by molar-refractivity contribution is 5.79. The van der Waals surface area contributed by atoms with Gasteiger partial charge in [0.2, 0.25) is 0 Å². The van der Waals surface area contributed by atoms with Crippen LogP contribution in [0, 0.1) is 5.92 Å². The van der Waals surface area contributed by atoms with Crippen LogP contribution in [0.4, 0.5) is 17.6 Å². The Labute approximate surface area is 277 Å². The first-order valence-corrected chi connectivity index (χ1v) is 15.0. The second kappa shape index (κ2) is 20.8. The number of aliphatic carboxylic acids is 1. The smallest absolute Gasteiger partial charge is 0.345 e. The van der Waals surface area contributed by atoms with E-state index >= 15 is 0 Å². The number of alkyl halides is 4. The standard InChI is InChI=1S/C25H25F2NO3.C10H16F2O5/c26-25(27)31-19-23(24(29)30-18-22-14-8-3-9-15-22)28(16-20-10-4-1-5-11-20)17-21-12-6-2-7-13-21;1-10(2,3)17-7(13)4-6(8(14)15)5-16-9(11)12/h1-15,23,25H,16-19H2;6,9H,4-5H2,1-3H3,(H,14,15)/t23-;6-/m00/s1. The van der Waals surface area contributed by atoms with Crippen LogP contribution in [0.5, 0.6) is 0 Å².